The first-order valence-corrected chi connectivity index (χ1v) is 8.97. The monoisotopic (exact) mass is 374 g/mol. The van der Waals surface area contributed by atoms with Crippen molar-refractivity contribution in [3.8, 4) is 11.5 Å². The van der Waals surface area contributed by atoms with E-state index < -0.39 is 0 Å². The van der Waals surface area contributed by atoms with Crippen molar-refractivity contribution in [2.24, 2.45) is 0 Å². The summed E-state index contributed by atoms with van der Waals surface area (Å²) >= 11 is 1.67. The molecule has 1 heterocycles. The Morgan fingerprint density at radius 1 is 1.33 bits per heavy atom. The van der Waals surface area contributed by atoms with Crippen LogP contribution < -0.4 is 14.8 Å². The molecule has 0 bridgehead atoms. The molecule has 1 aromatic rings. The Labute approximate surface area is 154 Å². The minimum Gasteiger partial charge on any atom is -0.493 e. The quantitative estimate of drug-likeness (QED) is 0.709. The molecule has 1 aromatic carbocycles. The van der Waals surface area contributed by atoms with Crippen LogP contribution in [0.25, 0.3) is 0 Å². The number of carbonyl (C=O) groups is 1. The Morgan fingerprint density at radius 2 is 2.08 bits per heavy atom. The smallest absolute Gasteiger partial charge is 0.223 e. The standard InChI is InChI=1S/C17H26N2O3S.ClH/c1-18-12-13-5-4-9-19(13)17(20)8-10-23-14-6-7-15(21-2)16(11-14)22-3;/h6-7,11,13,18H,4-5,8-10,12H2,1-3H3;1H. The molecule has 0 radical (unpaired) electrons. The van der Waals surface area contributed by atoms with Crippen molar-refractivity contribution < 1.29 is 14.3 Å². The van der Waals surface area contributed by atoms with Gasteiger partial charge in [-0.15, -0.1) is 24.2 Å². The molecule has 1 aliphatic heterocycles. The lowest BCUT2D eigenvalue weighted by Gasteiger charge is -2.24. The molecule has 7 heteroatoms. The minimum absolute atomic E-state index is 0. The summed E-state index contributed by atoms with van der Waals surface area (Å²) in [5, 5.41) is 3.18. The van der Waals surface area contributed by atoms with E-state index in [2.05, 4.69) is 5.32 Å². The van der Waals surface area contributed by atoms with E-state index in [9.17, 15) is 4.79 Å². The first-order valence-electron chi connectivity index (χ1n) is 7.98. The number of rotatable bonds is 8. The zero-order valence-corrected chi connectivity index (χ0v) is 16.2. The second kappa shape index (κ2) is 10.7. The van der Waals surface area contributed by atoms with Gasteiger partial charge in [-0.1, -0.05) is 0 Å². The van der Waals surface area contributed by atoms with E-state index in [4.69, 9.17) is 9.47 Å². The summed E-state index contributed by atoms with van der Waals surface area (Å²) in [5.74, 6) is 2.48. The zero-order chi connectivity index (χ0) is 16.7. The molecule has 1 unspecified atom stereocenters. The maximum atomic E-state index is 12.4. The summed E-state index contributed by atoms with van der Waals surface area (Å²) in [7, 11) is 5.19. The van der Waals surface area contributed by atoms with Crippen LogP contribution in [0.1, 0.15) is 19.3 Å². The number of benzene rings is 1. The predicted octanol–water partition coefficient (Wildman–Crippen LogP) is 2.82. The van der Waals surface area contributed by atoms with Crippen molar-refractivity contribution in [3.63, 3.8) is 0 Å². The van der Waals surface area contributed by atoms with Crippen LogP contribution >= 0.6 is 24.2 Å². The second-order valence-corrected chi connectivity index (χ2v) is 6.72. The van der Waals surface area contributed by atoms with Crippen LogP contribution in [0.4, 0.5) is 0 Å². The van der Waals surface area contributed by atoms with Crippen molar-refractivity contribution in [2.75, 3.05) is 40.1 Å². The van der Waals surface area contributed by atoms with E-state index in [1.807, 2.05) is 30.1 Å². The molecule has 2 rings (SSSR count). The molecule has 1 atom stereocenters. The van der Waals surface area contributed by atoms with Gasteiger partial charge < -0.3 is 19.7 Å². The number of amides is 1. The first-order chi connectivity index (χ1) is 11.2. The lowest BCUT2D eigenvalue weighted by Crippen LogP contribution is -2.40. The van der Waals surface area contributed by atoms with Crippen molar-refractivity contribution in [2.45, 2.75) is 30.2 Å². The molecule has 136 valence electrons. The largest absolute Gasteiger partial charge is 0.493 e. The third kappa shape index (κ3) is 5.46. The topological polar surface area (TPSA) is 50.8 Å². The molecule has 1 saturated heterocycles. The summed E-state index contributed by atoms with van der Waals surface area (Å²) in [4.78, 5) is 15.5. The van der Waals surface area contributed by atoms with Crippen molar-refractivity contribution >= 4 is 30.1 Å². The number of likely N-dealkylation sites (tertiary alicyclic amines) is 1. The van der Waals surface area contributed by atoms with Gasteiger partial charge >= 0.3 is 0 Å². The molecule has 24 heavy (non-hydrogen) atoms. The van der Waals surface area contributed by atoms with Gasteiger partial charge in [-0.05, 0) is 38.1 Å². The highest BCUT2D eigenvalue weighted by molar-refractivity contribution is 7.99. The van der Waals surface area contributed by atoms with E-state index in [1.54, 1.807) is 26.0 Å². The summed E-state index contributed by atoms with van der Waals surface area (Å²) in [6.45, 7) is 1.78. The number of halogens is 1. The van der Waals surface area contributed by atoms with E-state index in [-0.39, 0.29) is 18.3 Å². The van der Waals surface area contributed by atoms with Gasteiger partial charge in [-0.25, -0.2) is 0 Å². The number of ether oxygens (including phenoxy) is 2. The van der Waals surface area contributed by atoms with Crippen molar-refractivity contribution in [1.82, 2.24) is 10.2 Å². The Hall–Kier alpha value is -1.11. The fraction of sp³-hybridized carbons (Fsp3) is 0.588. The number of methoxy groups -OCH3 is 2. The number of carbonyl (C=O) groups excluding carboxylic acids is 1. The summed E-state index contributed by atoms with van der Waals surface area (Å²) in [5.41, 5.74) is 0. The number of hydrogen-bond donors (Lipinski definition) is 1. The Morgan fingerprint density at radius 3 is 2.75 bits per heavy atom. The molecule has 1 amide bonds. The van der Waals surface area contributed by atoms with E-state index in [0.717, 1.165) is 48.1 Å². The average Bonchev–Trinajstić information content (AvgIpc) is 3.03. The SMILES string of the molecule is CNCC1CCCN1C(=O)CCSc1ccc(OC)c(OC)c1.Cl. The number of nitrogens with one attached hydrogen (secondary N) is 1. The highest BCUT2D eigenvalue weighted by Crippen LogP contribution is 2.32. The Bertz CT molecular complexity index is 531. The number of thioether (sulfide) groups is 1. The van der Waals surface area contributed by atoms with E-state index in [0.29, 0.717) is 12.5 Å². The van der Waals surface area contributed by atoms with Crippen molar-refractivity contribution in [3.05, 3.63) is 18.2 Å². The average molecular weight is 375 g/mol. The molecule has 1 N–H and O–H groups in total. The third-order valence-electron chi connectivity index (χ3n) is 4.08. The van der Waals surface area contributed by atoms with Gasteiger partial charge in [0.15, 0.2) is 11.5 Å². The molecular weight excluding hydrogens is 348 g/mol. The molecule has 0 aromatic heterocycles. The maximum absolute atomic E-state index is 12.4. The molecular formula is C17H27ClN2O3S. The first kappa shape index (κ1) is 20.9. The van der Waals surface area contributed by atoms with Crippen LogP contribution in [0.5, 0.6) is 11.5 Å². The molecule has 0 spiro atoms. The maximum Gasteiger partial charge on any atom is 0.223 e. The van der Waals surface area contributed by atoms with E-state index in [1.165, 1.54) is 0 Å². The lowest BCUT2D eigenvalue weighted by atomic mass is 10.2. The van der Waals surface area contributed by atoms with Gasteiger partial charge in [0.2, 0.25) is 5.91 Å². The van der Waals surface area contributed by atoms with Crippen LogP contribution in [-0.4, -0.2) is 57.0 Å². The summed E-state index contributed by atoms with van der Waals surface area (Å²) < 4.78 is 10.5. The van der Waals surface area contributed by atoms with Crippen LogP contribution in [0.2, 0.25) is 0 Å². The van der Waals surface area contributed by atoms with Gasteiger partial charge in [0, 0.05) is 36.2 Å². The van der Waals surface area contributed by atoms with Gasteiger partial charge in [-0.2, -0.15) is 0 Å². The Balaban J connectivity index is 0.00000288. The van der Waals surface area contributed by atoms with Crippen LogP contribution in [-0.2, 0) is 4.79 Å². The van der Waals surface area contributed by atoms with E-state index >= 15 is 0 Å². The Kier molecular flexibility index (Phi) is 9.33. The molecule has 0 saturated carbocycles. The third-order valence-corrected chi connectivity index (χ3v) is 5.07. The van der Waals surface area contributed by atoms with Gasteiger partial charge in [0.05, 0.1) is 14.2 Å². The molecule has 0 aliphatic carbocycles. The predicted molar refractivity (Wildman–Crippen MR) is 101 cm³/mol. The highest BCUT2D eigenvalue weighted by Gasteiger charge is 2.27. The zero-order valence-electron chi connectivity index (χ0n) is 14.5. The normalized spacial score (nSPS) is 16.6. The lowest BCUT2D eigenvalue weighted by molar-refractivity contribution is -0.131. The van der Waals surface area contributed by atoms with Gasteiger partial charge in [0.1, 0.15) is 0 Å². The number of hydrogen-bond acceptors (Lipinski definition) is 5. The summed E-state index contributed by atoms with van der Waals surface area (Å²) in [6.07, 6.45) is 2.79. The highest BCUT2D eigenvalue weighted by atomic mass is 35.5. The van der Waals surface area contributed by atoms with Crippen LogP contribution in [0.3, 0.4) is 0 Å². The number of likely N-dealkylation sites (N-methyl/N-ethyl adjacent to an activating group) is 1. The second-order valence-electron chi connectivity index (χ2n) is 5.56. The van der Waals surface area contributed by atoms with Crippen molar-refractivity contribution in [1.29, 1.82) is 0 Å². The van der Waals surface area contributed by atoms with Gasteiger partial charge in [0.25, 0.3) is 0 Å². The number of nitrogens with zero attached hydrogens (tertiary/aromatic N) is 1. The summed E-state index contributed by atoms with van der Waals surface area (Å²) in [6, 6.07) is 6.20. The fourth-order valence-corrected chi connectivity index (χ4v) is 3.79. The minimum atomic E-state index is 0. The molecule has 1 fully saturated rings. The molecule has 5 nitrogen and oxygen atoms in total. The fourth-order valence-electron chi connectivity index (χ4n) is 2.92. The van der Waals surface area contributed by atoms with Crippen LogP contribution in [0.15, 0.2) is 23.1 Å². The molecule has 1 aliphatic rings. The van der Waals surface area contributed by atoms with Crippen LogP contribution in [0, 0.1) is 0 Å². The van der Waals surface area contributed by atoms with Gasteiger partial charge in [-0.3, -0.25) is 4.79 Å².